The van der Waals surface area contributed by atoms with Gasteiger partial charge in [0.05, 0.1) is 19.6 Å². The van der Waals surface area contributed by atoms with Gasteiger partial charge in [-0.2, -0.15) is 0 Å². The van der Waals surface area contributed by atoms with Gasteiger partial charge < -0.3 is 9.47 Å². The Morgan fingerprint density at radius 1 is 0.929 bits per heavy atom. The molecule has 1 saturated carbocycles. The second kappa shape index (κ2) is 7.51. The van der Waals surface area contributed by atoms with E-state index in [0.717, 1.165) is 4.47 Å². The molecule has 0 spiro atoms. The van der Waals surface area contributed by atoms with Gasteiger partial charge in [0, 0.05) is 16.0 Å². The number of carbonyl (C=O) groups excluding carboxylic acids is 3. The number of ether oxygens (including phenoxy) is 2. The predicted octanol–water partition coefficient (Wildman–Crippen LogP) is 4.16. The van der Waals surface area contributed by atoms with Crippen LogP contribution in [0, 0.1) is 10.8 Å². The fraction of sp³-hybridized carbons (Fsp3) is 0.318. The van der Waals surface area contributed by atoms with Crippen LogP contribution >= 0.6 is 15.9 Å². The van der Waals surface area contributed by atoms with Crippen molar-refractivity contribution < 1.29 is 23.9 Å². The first kappa shape index (κ1) is 20.3. The Hall–Kier alpha value is -2.47. The van der Waals surface area contributed by atoms with Crippen LogP contribution in [0.1, 0.15) is 35.2 Å². The monoisotopic (exact) mass is 444 g/mol. The number of ketones is 1. The molecular formula is C22H21BrO5. The van der Waals surface area contributed by atoms with Crippen LogP contribution in [0.15, 0.2) is 59.1 Å². The molecule has 0 saturated heterocycles. The maximum Gasteiger partial charge on any atom is 0.324 e. The molecule has 1 fully saturated rings. The van der Waals surface area contributed by atoms with E-state index >= 15 is 0 Å². The van der Waals surface area contributed by atoms with Crippen LogP contribution in [0.5, 0.6) is 0 Å². The number of hydrogen-bond donors (Lipinski definition) is 0. The molecule has 0 unspecified atom stereocenters. The molecule has 1 aliphatic rings. The Kier molecular flexibility index (Phi) is 5.44. The molecule has 5 nitrogen and oxygen atoms in total. The molecule has 146 valence electrons. The molecule has 28 heavy (non-hydrogen) atoms. The third-order valence-corrected chi connectivity index (χ3v) is 6.29. The lowest BCUT2D eigenvalue weighted by Crippen LogP contribution is -2.37. The standard InChI is InChI=1S/C22H21BrO5/c1-4-21(18(24)15-8-6-5-7-9-15)17(14-10-12-16(23)13-11-14)22(21,19(25)27-2)20(26)28-3/h5-13,17H,4H2,1-3H3/t17-,21+/m0/s1. The van der Waals surface area contributed by atoms with Crippen LogP contribution in [-0.4, -0.2) is 31.9 Å². The molecule has 2 aromatic carbocycles. The topological polar surface area (TPSA) is 69.7 Å². The molecule has 0 aromatic heterocycles. The highest BCUT2D eigenvalue weighted by Crippen LogP contribution is 2.77. The highest BCUT2D eigenvalue weighted by Gasteiger charge is 2.88. The van der Waals surface area contributed by atoms with Crippen molar-refractivity contribution in [1.29, 1.82) is 0 Å². The number of halogens is 1. The minimum atomic E-state index is -1.72. The van der Waals surface area contributed by atoms with Crippen molar-refractivity contribution in [2.24, 2.45) is 10.8 Å². The molecule has 0 amide bonds. The van der Waals surface area contributed by atoms with Gasteiger partial charge in [0.25, 0.3) is 0 Å². The molecule has 2 aromatic rings. The summed E-state index contributed by atoms with van der Waals surface area (Å²) in [6.45, 7) is 1.81. The van der Waals surface area contributed by atoms with Crippen LogP contribution in [0.2, 0.25) is 0 Å². The maximum atomic E-state index is 13.6. The molecule has 0 radical (unpaired) electrons. The number of hydrogen-bond acceptors (Lipinski definition) is 5. The lowest BCUT2D eigenvalue weighted by Gasteiger charge is -2.20. The Morgan fingerprint density at radius 2 is 1.46 bits per heavy atom. The van der Waals surface area contributed by atoms with E-state index in [1.165, 1.54) is 14.2 Å². The van der Waals surface area contributed by atoms with Gasteiger partial charge in [-0.3, -0.25) is 14.4 Å². The van der Waals surface area contributed by atoms with Crippen LogP contribution in [0.4, 0.5) is 0 Å². The SMILES string of the molecule is CC[C@]1(C(=O)c2ccccc2)[C@H](c2ccc(Br)cc2)C1(C(=O)OC)C(=O)OC. The zero-order valence-electron chi connectivity index (χ0n) is 15.9. The highest BCUT2D eigenvalue weighted by atomic mass is 79.9. The normalized spacial score (nSPS) is 22.2. The Balaban J connectivity index is 2.26. The number of esters is 2. The van der Waals surface area contributed by atoms with Crippen molar-refractivity contribution in [3.05, 3.63) is 70.2 Å². The lowest BCUT2D eigenvalue weighted by atomic mass is 9.83. The summed E-state index contributed by atoms with van der Waals surface area (Å²) >= 11 is 3.39. The van der Waals surface area contributed by atoms with E-state index in [4.69, 9.17) is 9.47 Å². The van der Waals surface area contributed by atoms with Gasteiger partial charge in [-0.25, -0.2) is 0 Å². The van der Waals surface area contributed by atoms with E-state index in [-0.39, 0.29) is 12.2 Å². The third kappa shape index (κ3) is 2.62. The van der Waals surface area contributed by atoms with E-state index in [9.17, 15) is 14.4 Å². The maximum absolute atomic E-state index is 13.6. The van der Waals surface area contributed by atoms with E-state index in [1.54, 1.807) is 31.2 Å². The second-order valence-corrected chi connectivity index (χ2v) is 7.71. The van der Waals surface area contributed by atoms with Gasteiger partial charge in [-0.05, 0) is 24.1 Å². The van der Waals surface area contributed by atoms with Gasteiger partial charge in [-0.1, -0.05) is 65.3 Å². The molecule has 3 rings (SSSR count). The molecule has 6 heteroatoms. The van der Waals surface area contributed by atoms with Crippen molar-refractivity contribution in [1.82, 2.24) is 0 Å². The molecule has 0 bridgehead atoms. The fourth-order valence-corrected chi connectivity index (χ4v) is 4.79. The summed E-state index contributed by atoms with van der Waals surface area (Å²) < 4.78 is 10.9. The van der Waals surface area contributed by atoms with Crippen LogP contribution in [0.3, 0.4) is 0 Å². The molecule has 0 heterocycles. The zero-order valence-corrected chi connectivity index (χ0v) is 17.5. The first-order valence-corrected chi connectivity index (χ1v) is 9.73. The largest absolute Gasteiger partial charge is 0.468 e. The molecule has 1 aliphatic carbocycles. The van der Waals surface area contributed by atoms with Crippen LogP contribution in [0.25, 0.3) is 0 Å². The summed E-state index contributed by atoms with van der Waals surface area (Å²) in [4.78, 5) is 39.6. The van der Waals surface area contributed by atoms with Crippen LogP contribution in [-0.2, 0) is 19.1 Å². The number of methoxy groups -OCH3 is 2. The Bertz CT molecular complexity index is 890. The zero-order chi connectivity index (χ0) is 20.5. The summed E-state index contributed by atoms with van der Waals surface area (Å²) in [5, 5.41) is 0. The van der Waals surface area contributed by atoms with Gasteiger partial charge in [-0.15, -0.1) is 0 Å². The average Bonchev–Trinajstić information content (AvgIpc) is 3.38. The Labute approximate surface area is 172 Å². The smallest absolute Gasteiger partial charge is 0.324 e. The Morgan fingerprint density at radius 3 is 1.93 bits per heavy atom. The van der Waals surface area contributed by atoms with Crippen molar-refractivity contribution in [3.63, 3.8) is 0 Å². The molecular weight excluding hydrogens is 424 g/mol. The van der Waals surface area contributed by atoms with Crippen LogP contribution < -0.4 is 0 Å². The van der Waals surface area contributed by atoms with Gasteiger partial charge >= 0.3 is 11.9 Å². The molecule has 2 atom stereocenters. The quantitative estimate of drug-likeness (QED) is 0.380. The summed E-state index contributed by atoms with van der Waals surface area (Å²) in [6.07, 6.45) is 0.283. The predicted molar refractivity (Wildman–Crippen MR) is 107 cm³/mol. The fourth-order valence-electron chi connectivity index (χ4n) is 4.53. The summed E-state index contributed by atoms with van der Waals surface area (Å²) in [5.41, 5.74) is -1.83. The summed E-state index contributed by atoms with van der Waals surface area (Å²) in [7, 11) is 2.44. The average molecular weight is 445 g/mol. The first-order valence-electron chi connectivity index (χ1n) is 8.93. The molecule has 0 N–H and O–H groups in total. The highest BCUT2D eigenvalue weighted by molar-refractivity contribution is 9.10. The number of rotatable bonds is 6. The van der Waals surface area contributed by atoms with Gasteiger partial charge in [0.1, 0.15) is 0 Å². The van der Waals surface area contributed by atoms with Gasteiger partial charge in [0.15, 0.2) is 11.2 Å². The van der Waals surface area contributed by atoms with Gasteiger partial charge in [0.2, 0.25) is 0 Å². The minimum absolute atomic E-state index is 0.265. The van der Waals surface area contributed by atoms with Crippen molar-refractivity contribution in [3.8, 4) is 0 Å². The first-order chi connectivity index (χ1) is 13.4. The van der Waals surface area contributed by atoms with Crippen molar-refractivity contribution in [2.45, 2.75) is 19.3 Å². The number of benzene rings is 2. The van der Waals surface area contributed by atoms with E-state index in [1.807, 2.05) is 30.3 Å². The summed E-state index contributed by atoms with van der Waals surface area (Å²) in [6, 6.07) is 16.0. The minimum Gasteiger partial charge on any atom is -0.468 e. The summed E-state index contributed by atoms with van der Waals surface area (Å²) in [5.74, 6) is -2.44. The van der Waals surface area contributed by atoms with E-state index < -0.39 is 28.7 Å². The van der Waals surface area contributed by atoms with E-state index in [2.05, 4.69) is 15.9 Å². The number of Topliss-reactive ketones (excluding diaryl/α,β-unsaturated/α-hetero) is 1. The third-order valence-electron chi connectivity index (χ3n) is 5.76. The van der Waals surface area contributed by atoms with E-state index in [0.29, 0.717) is 11.1 Å². The van der Waals surface area contributed by atoms with Crippen molar-refractivity contribution >= 4 is 33.7 Å². The van der Waals surface area contributed by atoms with Crippen molar-refractivity contribution in [2.75, 3.05) is 14.2 Å². The molecule has 0 aliphatic heterocycles. The second-order valence-electron chi connectivity index (χ2n) is 6.80. The lowest BCUT2D eigenvalue weighted by molar-refractivity contribution is -0.163. The number of carbonyl (C=O) groups is 3.